The fourth-order valence-corrected chi connectivity index (χ4v) is 2.83. The highest BCUT2D eigenvalue weighted by molar-refractivity contribution is 7.98. The van der Waals surface area contributed by atoms with Gasteiger partial charge in [0.05, 0.1) is 5.69 Å². The highest BCUT2D eigenvalue weighted by atomic mass is 32.2. The summed E-state index contributed by atoms with van der Waals surface area (Å²) in [5.74, 6) is 0.375. The summed E-state index contributed by atoms with van der Waals surface area (Å²) in [6.45, 7) is 4.55. The number of benzene rings is 1. The lowest BCUT2D eigenvalue weighted by Gasteiger charge is -2.26. The van der Waals surface area contributed by atoms with E-state index in [9.17, 15) is 9.59 Å². The van der Waals surface area contributed by atoms with Gasteiger partial charge in [-0.25, -0.2) is 4.79 Å². The van der Waals surface area contributed by atoms with Crippen molar-refractivity contribution < 1.29 is 24.2 Å². The molecule has 8 heteroatoms. The number of ether oxygens (including phenoxy) is 2. The van der Waals surface area contributed by atoms with Crippen LogP contribution in [-0.2, 0) is 4.79 Å². The fraction of sp³-hybridized carbons (Fsp3) is 0.500. The van der Waals surface area contributed by atoms with Gasteiger partial charge in [-0.05, 0) is 32.6 Å². The number of amides is 2. The molecule has 0 spiro atoms. The van der Waals surface area contributed by atoms with Crippen LogP contribution in [0.15, 0.2) is 17.0 Å². The Morgan fingerprint density at radius 3 is 2.46 bits per heavy atom. The maximum absolute atomic E-state index is 12.3. The van der Waals surface area contributed by atoms with E-state index in [1.54, 1.807) is 19.9 Å². The van der Waals surface area contributed by atoms with Gasteiger partial charge in [-0.2, -0.15) is 0 Å². The molecular formula is C16H22N2O5S. The van der Waals surface area contributed by atoms with Gasteiger partial charge in [0, 0.05) is 22.9 Å². The van der Waals surface area contributed by atoms with Crippen molar-refractivity contribution in [3.63, 3.8) is 0 Å². The van der Waals surface area contributed by atoms with Crippen molar-refractivity contribution in [2.24, 2.45) is 0 Å². The van der Waals surface area contributed by atoms with Gasteiger partial charge in [-0.15, -0.1) is 11.8 Å². The second kappa shape index (κ2) is 7.65. The summed E-state index contributed by atoms with van der Waals surface area (Å²) >= 11 is 1.49. The minimum Gasteiger partial charge on any atom is -0.486 e. The molecule has 0 aliphatic carbocycles. The van der Waals surface area contributed by atoms with Crippen molar-refractivity contribution in [2.75, 3.05) is 24.8 Å². The van der Waals surface area contributed by atoms with Crippen LogP contribution >= 0.6 is 11.8 Å². The fourth-order valence-electron chi connectivity index (χ4n) is 2.28. The van der Waals surface area contributed by atoms with E-state index in [2.05, 4.69) is 10.6 Å². The van der Waals surface area contributed by atoms with Crippen LogP contribution in [0.2, 0.25) is 0 Å². The zero-order valence-electron chi connectivity index (χ0n) is 14.0. The average Bonchev–Trinajstić information content (AvgIpc) is 2.51. The normalized spacial score (nSPS) is 13.3. The number of urea groups is 1. The zero-order chi connectivity index (χ0) is 17.7. The van der Waals surface area contributed by atoms with Crippen molar-refractivity contribution in [1.82, 2.24) is 5.32 Å². The van der Waals surface area contributed by atoms with Crippen LogP contribution < -0.4 is 20.1 Å². The highest BCUT2D eigenvalue weighted by Crippen LogP contribution is 2.39. The molecule has 0 saturated carbocycles. The molecule has 2 amide bonds. The summed E-state index contributed by atoms with van der Waals surface area (Å²) in [7, 11) is 0. The lowest BCUT2D eigenvalue weighted by Crippen LogP contribution is -2.45. The number of carbonyl (C=O) groups excluding carboxylic acids is 1. The Balaban J connectivity index is 2.06. The topological polar surface area (TPSA) is 96.9 Å². The van der Waals surface area contributed by atoms with Gasteiger partial charge in [0.2, 0.25) is 0 Å². The molecule has 132 valence electrons. The summed E-state index contributed by atoms with van der Waals surface area (Å²) in [5, 5.41) is 14.4. The molecule has 0 radical (unpaired) electrons. The average molecular weight is 354 g/mol. The number of fused-ring (bicyclic) bond motifs is 1. The van der Waals surface area contributed by atoms with Crippen LogP contribution in [0.1, 0.15) is 26.7 Å². The molecule has 1 aromatic carbocycles. The van der Waals surface area contributed by atoms with Crippen LogP contribution in [0, 0.1) is 0 Å². The van der Waals surface area contributed by atoms with Gasteiger partial charge in [0.25, 0.3) is 0 Å². The third-order valence-corrected chi connectivity index (χ3v) is 4.31. The number of thioether (sulfide) groups is 1. The Hall–Kier alpha value is -2.09. The number of carbonyl (C=O) groups is 2. The quantitative estimate of drug-likeness (QED) is 0.680. The monoisotopic (exact) mass is 354 g/mol. The summed E-state index contributed by atoms with van der Waals surface area (Å²) in [6.07, 6.45) is 2.24. The van der Waals surface area contributed by atoms with E-state index in [-0.39, 0.29) is 6.42 Å². The Morgan fingerprint density at radius 2 is 1.88 bits per heavy atom. The number of hydrogen-bond donors (Lipinski definition) is 3. The van der Waals surface area contributed by atoms with Crippen LogP contribution in [0.25, 0.3) is 0 Å². The molecule has 1 aliphatic heterocycles. The summed E-state index contributed by atoms with van der Waals surface area (Å²) in [5.41, 5.74) is -0.00574. The summed E-state index contributed by atoms with van der Waals surface area (Å²) in [6, 6.07) is 3.19. The van der Waals surface area contributed by atoms with E-state index in [1.165, 1.54) is 11.8 Å². The lowest BCUT2D eigenvalue weighted by molar-refractivity contribution is -0.137. The molecule has 0 atom stereocenters. The van der Waals surface area contributed by atoms with Crippen molar-refractivity contribution in [2.45, 2.75) is 37.1 Å². The first-order chi connectivity index (χ1) is 11.3. The van der Waals surface area contributed by atoms with Crippen molar-refractivity contribution in [3.05, 3.63) is 12.1 Å². The molecule has 0 unspecified atom stereocenters. The first-order valence-electron chi connectivity index (χ1n) is 7.59. The van der Waals surface area contributed by atoms with Crippen LogP contribution in [0.4, 0.5) is 10.5 Å². The smallest absolute Gasteiger partial charge is 0.319 e. The van der Waals surface area contributed by atoms with E-state index in [0.717, 1.165) is 4.90 Å². The highest BCUT2D eigenvalue weighted by Gasteiger charge is 2.23. The molecule has 24 heavy (non-hydrogen) atoms. The SMILES string of the molecule is CSc1cc2c(cc1NC(=O)NC(C)(C)CCC(=O)O)OCCO2. The second-order valence-corrected chi connectivity index (χ2v) is 6.90. The molecule has 2 rings (SSSR count). The van der Waals surface area contributed by atoms with Crippen LogP contribution in [-0.4, -0.2) is 42.1 Å². The van der Waals surface area contributed by atoms with E-state index in [4.69, 9.17) is 14.6 Å². The largest absolute Gasteiger partial charge is 0.486 e. The number of hydrogen-bond acceptors (Lipinski definition) is 5. The van der Waals surface area contributed by atoms with Crippen LogP contribution in [0.3, 0.4) is 0 Å². The molecule has 1 heterocycles. The molecule has 0 aromatic heterocycles. The van der Waals surface area contributed by atoms with Crippen LogP contribution in [0.5, 0.6) is 11.5 Å². The molecule has 1 aromatic rings. The van der Waals surface area contributed by atoms with Crippen molar-refractivity contribution in [3.8, 4) is 11.5 Å². The van der Waals surface area contributed by atoms with Gasteiger partial charge in [0.1, 0.15) is 13.2 Å². The zero-order valence-corrected chi connectivity index (χ0v) is 14.8. The molecule has 1 aliphatic rings. The van der Waals surface area contributed by atoms with Crippen molar-refractivity contribution >= 4 is 29.4 Å². The van der Waals surface area contributed by atoms with Gasteiger partial charge in [-0.1, -0.05) is 0 Å². The summed E-state index contributed by atoms with van der Waals surface area (Å²) in [4.78, 5) is 23.8. The maximum Gasteiger partial charge on any atom is 0.319 e. The molecule has 0 fully saturated rings. The first kappa shape index (κ1) is 18.3. The Bertz CT molecular complexity index is 633. The first-order valence-corrected chi connectivity index (χ1v) is 8.82. The molecule has 0 saturated heterocycles. The van der Waals surface area contributed by atoms with Gasteiger partial charge < -0.3 is 25.2 Å². The predicted octanol–water partition coefficient (Wildman–Crippen LogP) is 2.94. The van der Waals surface area contributed by atoms with Gasteiger partial charge >= 0.3 is 12.0 Å². The number of anilines is 1. The predicted molar refractivity (Wildman–Crippen MR) is 92.3 cm³/mol. The number of carboxylic acids is 1. The Kier molecular flexibility index (Phi) is 5.82. The summed E-state index contributed by atoms with van der Waals surface area (Å²) < 4.78 is 11.1. The second-order valence-electron chi connectivity index (χ2n) is 6.05. The lowest BCUT2D eigenvalue weighted by atomic mass is 9.99. The van der Waals surface area contributed by atoms with E-state index in [1.807, 2.05) is 12.3 Å². The van der Waals surface area contributed by atoms with E-state index in [0.29, 0.717) is 36.8 Å². The van der Waals surface area contributed by atoms with Crippen molar-refractivity contribution in [1.29, 1.82) is 0 Å². The minimum atomic E-state index is -0.887. The Labute approximate surface area is 145 Å². The maximum atomic E-state index is 12.3. The number of nitrogens with one attached hydrogen (secondary N) is 2. The number of rotatable bonds is 6. The third-order valence-electron chi connectivity index (χ3n) is 3.53. The molecule has 3 N–H and O–H groups in total. The third kappa shape index (κ3) is 4.95. The molecule has 7 nitrogen and oxygen atoms in total. The van der Waals surface area contributed by atoms with E-state index >= 15 is 0 Å². The number of aliphatic carboxylic acids is 1. The standard InChI is InChI=1S/C16H22N2O5S/c1-16(2,5-4-14(19)20)18-15(21)17-10-8-11-12(9-13(10)24-3)23-7-6-22-11/h8-9H,4-7H2,1-3H3,(H,19,20)(H2,17,18,21). The van der Waals surface area contributed by atoms with Gasteiger partial charge in [0.15, 0.2) is 11.5 Å². The Morgan fingerprint density at radius 1 is 1.25 bits per heavy atom. The minimum absolute atomic E-state index is 0.00658. The van der Waals surface area contributed by atoms with E-state index < -0.39 is 17.5 Å². The number of carboxylic acid groups (broad SMARTS) is 1. The van der Waals surface area contributed by atoms with Gasteiger partial charge in [-0.3, -0.25) is 4.79 Å². The molecular weight excluding hydrogens is 332 g/mol. The molecule has 0 bridgehead atoms.